The molecule has 1 atom stereocenters. The zero-order chi connectivity index (χ0) is 17.4. The van der Waals surface area contributed by atoms with Crippen LogP contribution in [-0.4, -0.2) is 12.9 Å². The summed E-state index contributed by atoms with van der Waals surface area (Å²) >= 11 is 0. The number of Topliss-reactive ketones (excluding diaryl/α,β-unsaturated/α-hetero) is 1. The Labute approximate surface area is 144 Å². The van der Waals surface area contributed by atoms with Crippen LogP contribution in [-0.2, 0) is 17.6 Å². The summed E-state index contributed by atoms with van der Waals surface area (Å²) in [5.74, 6) is 2.05. The molecule has 0 N–H and O–H groups in total. The van der Waals surface area contributed by atoms with E-state index in [4.69, 9.17) is 9.15 Å². The second kappa shape index (κ2) is 6.62. The smallest absolute Gasteiger partial charge is 0.176 e. The Morgan fingerprint density at radius 3 is 2.83 bits per heavy atom. The van der Waals surface area contributed by atoms with Crippen LogP contribution in [0.3, 0.4) is 0 Å². The van der Waals surface area contributed by atoms with Gasteiger partial charge in [0.1, 0.15) is 5.78 Å². The van der Waals surface area contributed by atoms with Gasteiger partial charge in [-0.2, -0.15) is 0 Å². The Morgan fingerprint density at radius 2 is 2.17 bits per heavy atom. The standard InChI is InChI=1S/C21H28O3/c1-12(2)9-15(22)10-17-18-13(3)7-6-8-16(18)20(23-5)21-19(17)14(4)11-24-21/h11-13H,6-10H2,1-5H3/t13-/m0/s1. The highest BCUT2D eigenvalue weighted by molar-refractivity contribution is 5.96. The van der Waals surface area contributed by atoms with Gasteiger partial charge in [0.15, 0.2) is 11.3 Å². The molecule has 130 valence electrons. The zero-order valence-electron chi connectivity index (χ0n) is 15.5. The van der Waals surface area contributed by atoms with Crippen LogP contribution in [0.4, 0.5) is 0 Å². The van der Waals surface area contributed by atoms with E-state index in [1.165, 1.54) is 23.1 Å². The molecular weight excluding hydrogens is 300 g/mol. The molecule has 0 saturated carbocycles. The fraction of sp³-hybridized carbons (Fsp3) is 0.571. The molecule has 3 nitrogen and oxygen atoms in total. The molecule has 0 saturated heterocycles. The van der Waals surface area contributed by atoms with Gasteiger partial charge in [-0.05, 0) is 54.7 Å². The van der Waals surface area contributed by atoms with Crippen molar-refractivity contribution in [2.45, 2.75) is 65.7 Å². The SMILES string of the molecule is COc1c2c(c(CC(=O)CC(C)C)c3c(C)coc13)[C@@H](C)CCC2. The predicted octanol–water partition coefficient (Wildman–Crippen LogP) is 5.35. The second-order valence-corrected chi connectivity index (χ2v) is 7.63. The first kappa shape index (κ1) is 17.1. The third-order valence-corrected chi connectivity index (χ3v) is 5.18. The molecule has 1 aromatic heterocycles. The zero-order valence-corrected chi connectivity index (χ0v) is 15.5. The summed E-state index contributed by atoms with van der Waals surface area (Å²) < 4.78 is 11.6. The lowest BCUT2D eigenvalue weighted by Gasteiger charge is -2.28. The lowest BCUT2D eigenvalue weighted by atomic mass is 9.77. The molecule has 0 fully saturated rings. The number of methoxy groups -OCH3 is 1. The van der Waals surface area contributed by atoms with Crippen molar-refractivity contribution >= 4 is 16.8 Å². The Bertz CT molecular complexity index is 767. The molecule has 1 aromatic carbocycles. The molecule has 2 aromatic rings. The van der Waals surface area contributed by atoms with Crippen molar-refractivity contribution < 1.29 is 13.9 Å². The quantitative estimate of drug-likeness (QED) is 0.743. The highest BCUT2D eigenvalue weighted by atomic mass is 16.5. The Morgan fingerprint density at radius 1 is 1.42 bits per heavy atom. The molecule has 1 heterocycles. The van der Waals surface area contributed by atoms with Crippen molar-refractivity contribution in [1.82, 2.24) is 0 Å². The van der Waals surface area contributed by atoms with Gasteiger partial charge in [0.05, 0.1) is 13.4 Å². The summed E-state index contributed by atoms with van der Waals surface area (Å²) in [6, 6.07) is 0. The van der Waals surface area contributed by atoms with Gasteiger partial charge in [0, 0.05) is 23.8 Å². The lowest BCUT2D eigenvalue weighted by Crippen LogP contribution is -2.16. The van der Waals surface area contributed by atoms with Crippen LogP contribution in [0, 0.1) is 12.8 Å². The lowest BCUT2D eigenvalue weighted by molar-refractivity contribution is -0.119. The van der Waals surface area contributed by atoms with Crippen molar-refractivity contribution in [2.24, 2.45) is 5.92 Å². The number of benzene rings is 1. The van der Waals surface area contributed by atoms with Crippen molar-refractivity contribution in [3.8, 4) is 5.75 Å². The highest BCUT2D eigenvalue weighted by Gasteiger charge is 2.29. The van der Waals surface area contributed by atoms with E-state index < -0.39 is 0 Å². The van der Waals surface area contributed by atoms with E-state index in [1.54, 1.807) is 13.4 Å². The number of furan rings is 1. The van der Waals surface area contributed by atoms with E-state index >= 15 is 0 Å². The molecule has 1 aliphatic carbocycles. The number of carbonyl (C=O) groups is 1. The summed E-state index contributed by atoms with van der Waals surface area (Å²) in [6.07, 6.45) is 6.27. The van der Waals surface area contributed by atoms with Gasteiger partial charge in [0.25, 0.3) is 0 Å². The minimum Gasteiger partial charge on any atom is -0.493 e. The topological polar surface area (TPSA) is 39.4 Å². The van der Waals surface area contributed by atoms with E-state index in [2.05, 4.69) is 27.7 Å². The molecular formula is C21H28O3. The van der Waals surface area contributed by atoms with Crippen LogP contribution < -0.4 is 4.74 Å². The molecule has 0 bridgehead atoms. The summed E-state index contributed by atoms with van der Waals surface area (Å²) in [4.78, 5) is 12.6. The van der Waals surface area contributed by atoms with E-state index in [0.29, 0.717) is 30.5 Å². The van der Waals surface area contributed by atoms with Gasteiger partial charge < -0.3 is 9.15 Å². The first-order valence-electron chi connectivity index (χ1n) is 9.05. The molecule has 0 aliphatic heterocycles. The Kier molecular flexibility index (Phi) is 4.71. The molecule has 24 heavy (non-hydrogen) atoms. The highest BCUT2D eigenvalue weighted by Crippen LogP contribution is 2.46. The van der Waals surface area contributed by atoms with Gasteiger partial charge in [-0.15, -0.1) is 0 Å². The fourth-order valence-corrected chi connectivity index (χ4v) is 4.26. The summed E-state index contributed by atoms with van der Waals surface area (Å²) in [5.41, 5.74) is 5.69. The van der Waals surface area contributed by atoms with E-state index in [0.717, 1.165) is 35.1 Å². The van der Waals surface area contributed by atoms with Crippen LogP contribution in [0.25, 0.3) is 11.0 Å². The second-order valence-electron chi connectivity index (χ2n) is 7.63. The fourth-order valence-electron chi connectivity index (χ4n) is 4.26. The van der Waals surface area contributed by atoms with E-state index in [1.807, 2.05) is 0 Å². The summed E-state index contributed by atoms with van der Waals surface area (Å²) in [5, 5.41) is 1.09. The normalized spacial score (nSPS) is 17.3. The van der Waals surface area contributed by atoms with Crippen molar-refractivity contribution in [3.63, 3.8) is 0 Å². The summed E-state index contributed by atoms with van der Waals surface area (Å²) in [6.45, 7) is 8.53. The number of hydrogen-bond acceptors (Lipinski definition) is 3. The maximum atomic E-state index is 12.6. The monoisotopic (exact) mass is 328 g/mol. The number of rotatable bonds is 5. The van der Waals surface area contributed by atoms with Gasteiger partial charge in [-0.3, -0.25) is 4.79 Å². The minimum absolute atomic E-state index is 0.317. The molecule has 1 aliphatic rings. The largest absolute Gasteiger partial charge is 0.493 e. The van der Waals surface area contributed by atoms with Crippen LogP contribution >= 0.6 is 0 Å². The van der Waals surface area contributed by atoms with Crippen LogP contribution in [0.5, 0.6) is 5.75 Å². The molecule has 0 amide bonds. The van der Waals surface area contributed by atoms with Crippen molar-refractivity contribution in [1.29, 1.82) is 0 Å². The number of ether oxygens (including phenoxy) is 1. The van der Waals surface area contributed by atoms with Gasteiger partial charge in [-0.1, -0.05) is 20.8 Å². The molecule has 0 radical (unpaired) electrons. The van der Waals surface area contributed by atoms with Crippen LogP contribution in [0.2, 0.25) is 0 Å². The Hall–Kier alpha value is -1.77. The Balaban J connectivity index is 2.23. The van der Waals surface area contributed by atoms with Crippen LogP contribution in [0.1, 0.15) is 68.2 Å². The average Bonchev–Trinajstić information content (AvgIpc) is 2.88. The number of fused-ring (bicyclic) bond motifs is 2. The van der Waals surface area contributed by atoms with E-state index in [-0.39, 0.29) is 0 Å². The van der Waals surface area contributed by atoms with Gasteiger partial charge in [0.2, 0.25) is 0 Å². The third-order valence-electron chi connectivity index (χ3n) is 5.18. The number of carbonyl (C=O) groups excluding carboxylic acids is 1. The third kappa shape index (κ3) is 2.85. The number of aryl methyl sites for hydroxylation is 1. The first-order chi connectivity index (χ1) is 11.4. The number of hydrogen-bond donors (Lipinski definition) is 0. The minimum atomic E-state index is 0.317. The molecule has 0 unspecified atom stereocenters. The van der Waals surface area contributed by atoms with Crippen molar-refractivity contribution in [2.75, 3.05) is 7.11 Å². The van der Waals surface area contributed by atoms with Crippen molar-refractivity contribution in [3.05, 3.63) is 28.5 Å². The van der Waals surface area contributed by atoms with Gasteiger partial charge in [-0.25, -0.2) is 0 Å². The summed E-state index contributed by atoms with van der Waals surface area (Å²) in [7, 11) is 1.72. The molecule has 3 rings (SSSR count). The maximum Gasteiger partial charge on any atom is 0.176 e. The first-order valence-corrected chi connectivity index (χ1v) is 9.05. The molecule has 3 heteroatoms. The predicted molar refractivity (Wildman–Crippen MR) is 97.0 cm³/mol. The van der Waals surface area contributed by atoms with Gasteiger partial charge >= 0.3 is 0 Å². The average molecular weight is 328 g/mol. The van der Waals surface area contributed by atoms with E-state index in [9.17, 15) is 4.79 Å². The van der Waals surface area contributed by atoms with Crippen LogP contribution in [0.15, 0.2) is 10.7 Å². The molecule has 0 spiro atoms. The maximum absolute atomic E-state index is 12.6. The number of ketones is 1.